The minimum Gasteiger partial charge on any atom is -0.274 e. The molecule has 2 aromatic rings. The average Bonchev–Trinajstić information content (AvgIpc) is 2.58. The first-order valence-corrected chi connectivity index (χ1v) is 5.46. The Morgan fingerprint density at radius 2 is 2.42 bits per heavy atom. The van der Waals surface area contributed by atoms with E-state index in [1.807, 2.05) is 24.0 Å². The molecule has 0 spiro atoms. The lowest BCUT2D eigenvalue weighted by Crippen LogP contribution is -1.86. The second-order valence-corrected chi connectivity index (χ2v) is 4.59. The first kappa shape index (κ1) is 8.25. The van der Waals surface area contributed by atoms with Crippen LogP contribution in [0.5, 0.6) is 0 Å². The van der Waals surface area contributed by atoms with Crippen molar-refractivity contribution in [1.82, 2.24) is 9.78 Å². The van der Waals surface area contributed by atoms with Gasteiger partial charge in [-0.2, -0.15) is 5.10 Å². The maximum Gasteiger partial charge on any atom is 0.116 e. The number of hydrogen-bond donors (Lipinski definition) is 0. The zero-order valence-electron chi connectivity index (χ0n) is 6.49. The number of aromatic nitrogens is 2. The monoisotopic (exact) mass is 290 g/mol. The molecule has 0 aliphatic carbocycles. The summed E-state index contributed by atoms with van der Waals surface area (Å²) in [4.78, 5) is 1.24. The number of rotatable bonds is 1. The van der Waals surface area contributed by atoms with Crippen molar-refractivity contribution >= 4 is 33.9 Å². The summed E-state index contributed by atoms with van der Waals surface area (Å²) in [5.41, 5.74) is 1.09. The van der Waals surface area contributed by atoms with Crippen LogP contribution in [0.15, 0.2) is 23.7 Å². The van der Waals surface area contributed by atoms with Gasteiger partial charge in [-0.3, -0.25) is 4.68 Å². The number of nitrogens with zero attached hydrogens (tertiary/aromatic N) is 2. The van der Waals surface area contributed by atoms with E-state index in [1.165, 1.54) is 8.45 Å². The van der Waals surface area contributed by atoms with E-state index in [0.717, 1.165) is 5.69 Å². The summed E-state index contributed by atoms with van der Waals surface area (Å²) in [6, 6.07) is 4.14. The van der Waals surface area contributed by atoms with Gasteiger partial charge in [-0.15, -0.1) is 11.3 Å². The summed E-state index contributed by atoms with van der Waals surface area (Å²) < 4.78 is 3.05. The Labute approximate surface area is 88.4 Å². The van der Waals surface area contributed by atoms with E-state index in [9.17, 15) is 0 Å². The van der Waals surface area contributed by atoms with Crippen LogP contribution in [0.2, 0.25) is 0 Å². The highest BCUT2D eigenvalue weighted by atomic mass is 127. The van der Waals surface area contributed by atoms with Crippen LogP contribution < -0.4 is 0 Å². The van der Waals surface area contributed by atoms with Crippen molar-refractivity contribution in [3.63, 3.8) is 0 Å². The van der Waals surface area contributed by atoms with Gasteiger partial charge in [-0.05, 0) is 34.0 Å². The molecule has 0 aromatic carbocycles. The Balaban J connectivity index is 2.54. The van der Waals surface area contributed by atoms with Crippen LogP contribution in [0.1, 0.15) is 0 Å². The third-order valence-corrected chi connectivity index (χ3v) is 3.20. The van der Waals surface area contributed by atoms with Crippen LogP contribution >= 0.6 is 33.9 Å². The van der Waals surface area contributed by atoms with E-state index in [0.29, 0.717) is 0 Å². The summed E-state index contributed by atoms with van der Waals surface area (Å²) in [7, 11) is 1.94. The number of halogens is 1. The molecular formula is C8H7IN2S. The summed E-state index contributed by atoms with van der Waals surface area (Å²) >= 11 is 4.03. The molecule has 0 amide bonds. The molecule has 0 aliphatic rings. The van der Waals surface area contributed by atoms with Crippen LogP contribution in [0.25, 0.3) is 10.6 Å². The third kappa shape index (κ3) is 1.40. The van der Waals surface area contributed by atoms with Crippen molar-refractivity contribution in [2.45, 2.75) is 0 Å². The summed E-state index contributed by atoms with van der Waals surface area (Å²) in [5.74, 6) is 0. The van der Waals surface area contributed by atoms with E-state index in [2.05, 4.69) is 39.1 Å². The van der Waals surface area contributed by atoms with E-state index in [-0.39, 0.29) is 0 Å². The van der Waals surface area contributed by atoms with Gasteiger partial charge in [0.2, 0.25) is 0 Å². The lowest BCUT2D eigenvalue weighted by molar-refractivity contribution is 0.771. The lowest BCUT2D eigenvalue weighted by atomic mass is 10.3. The van der Waals surface area contributed by atoms with Gasteiger partial charge in [0.25, 0.3) is 0 Å². The zero-order chi connectivity index (χ0) is 8.55. The van der Waals surface area contributed by atoms with E-state index < -0.39 is 0 Å². The molecule has 0 fully saturated rings. The molecule has 0 radical (unpaired) electrons. The van der Waals surface area contributed by atoms with Crippen LogP contribution in [0.4, 0.5) is 0 Å². The molecule has 0 atom stereocenters. The fourth-order valence-corrected chi connectivity index (χ4v) is 2.75. The van der Waals surface area contributed by atoms with Gasteiger partial charge >= 0.3 is 0 Å². The predicted molar refractivity (Wildman–Crippen MR) is 59.2 cm³/mol. The van der Waals surface area contributed by atoms with E-state index in [4.69, 9.17) is 0 Å². The molecule has 12 heavy (non-hydrogen) atoms. The molecule has 2 aromatic heterocycles. The summed E-state index contributed by atoms with van der Waals surface area (Å²) in [6.45, 7) is 0. The molecule has 0 saturated heterocycles. The molecular weight excluding hydrogens is 283 g/mol. The van der Waals surface area contributed by atoms with Gasteiger partial charge in [0, 0.05) is 13.2 Å². The molecule has 2 nitrogen and oxygen atoms in total. The van der Waals surface area contributed by atoms with Gasteiger partial charge in [0.05, 0.1) is 8.45 Å². The van der Waals surface area contributed by atoms with Crippen molar-refractivity contribution in [2.75, 3.05) is 0 Å². The minimum absolute atomic E-state index is 1.09. The average molecular weight is 290 g/mol. The van der Waals surface area contributed by atoms with Crippen molar-refractivity contribution in [1.29, 1.82) is 0 Å². The van der Waals surface area contributed by atoms with Crippen molar-refractivity contribution in [3.05, 3.63) is 27.3 Å². The molecule has 4 heteroatoms. The Bertz CT molecular complexity index is 378. The number of hydrogen-bond acceptors (Lipinski definition) is 2. The van der Waals surface area contributed by atoms with Crippen LogP contribution in [0, 0.1) is 3.57 Å². The van der Waals surface area contributed by atoms with Gasteiger partial charge in [-0.25, -0.2) is 0 Å². The second-order valence-electron chi connectivity index (χ2n) is 2.48. The van der Waals surface area contributed by atoms with Crippen molar-refractivity contribution < 1.29 is 0 Å². The highest BCUT2D eigenvalue weighted by Crippen LogP contribution is 2.26. The Kier molecular flexibility index (Phi) is 2.18. The third-order valence-electron chi connectivity index (χ3n) is 1.54. The standard InChI is InChI=1S/C8H7IN2S/c1-11-5-6(9)8(10-11)7-3-2-4-12-7/h2-5H,1H3. The van der Waals surface area contributed by atoms with Crippen molar-refractivity contribution in [3.8, 4) is 10.6 Å². The molecule has 0 unspecified atom stereocenters. The fraction of sp³-hybridized carbons (Fsp3) is 0.125. The normalized spacial score (nSPS) is 10.5. The quantitative estimate of drug-likeness (QED) is 0.738. The lowest BCUT2D eigenvalue weighted by Gasteiger charge is -1.89. The minimum atomic E-state index is 1.09. The van der Waals surface area contributed by atoms with Crippen LogP contribution in [-0.4, -0.2) is 9.78 Å². The van der Waals surface area contributed by atoms with Gasteiger partial charge in [0.15, 0.2) is 0 Å². The van der Waals surface area contributed by atoms with Gasteiger partial charge in [-0.1, -0.05) is 6.07 Å². The van der Waals surface area contributed by atoms with Crippen LogP contribution in [-0.2, 0) is 7.05 Å². The first-order chi connectivity index (χ1) is 5.77. The van der Waals surface area contributed by atoms with Gasteiger partial charge < -0.3 is 0 Å². The largest absolute Gasteiger partial charge is 0.274 e. The Hall–Kier alpha value is -0.360. The van der Waals surface area contributed by atoms with E-state index in [1.54, 1.807) is 11.3 Å². The summed E-state index contributed by atoms with van der Waals surface area (Å²) in [6.07, 6.45) is 2.02. The molecule has 62 valence electrons. The highest BCUT2D eigenvalue weighted by Gasteiger charge is 2.07. The molecule has 0 bridgehead atoms. The fourth-order valence-electron chi connectivity index (χ4n) is 1.04. The van der Waals surface area contributed by atoms with E-state index >= 15 is 0 Å². The zero-order valence-corrected chi connectivity index (χ0v) is 9.46. The van der Waals surface area contributed by atoms with Crippen molar-refractivity contribution in [2.24, 2.45) is 7.05 Å². The summed E-state index contributed by atoms with van der Waals surface area (Å²) in [5, 5.41) is 6.44. The predicted octanol–water partition coefficient (Wildman–Crippen LogP) is 2.75. The first-order valence-electron chi connectivity index (χ1n) is 3.50. The molecule has 0 saturated carbocycles. The SMILES string of the molecule is Cn1cc(I)c(-c2cccs2)n1. The second kappa shape index (κ2) is 3.18. The highest BCUT2D eigenvalue weighted by molar-refractivity contribution is 14.1. The number of aryl methyl sites for hydroxylation is 1. The smallest absolute Gasteiger partial charge is 0.116 e. The molecule has 2 heterocycles. The maximum atomic E-state index is 4.37. The number of thiophene rings is 1. The maximum absolute atomic E-state index is 4.37. The Morgan fingerprint density at radius 3 is 2.92 bits per heavy atom. The van der Waals surface area contributed by atoms with Crippen LogP contribution in [0.3, 0.4) is 0 Å². The topological polar surface area (TPSA) is 17.8 Å². The molecule has 0 aliphatic heterocycles. The Morgan fingerprint density at radius 1 is 1.58 bits per heavy atom. The molecule has 0 N–H and O–H groups in total. The van der Waals surface area contributed by atoms with Gasteiger partial charge in [0.1, 0.15) is 5.69 Å². The molecule has 2 rings (SSSR count).